The van der Waals surface area contributed by atoms with Gasteiger partial charge in [0.05, 0.1) is 4.90 Å². The van der Waals surface area contributed by atoms with Crippen molar-refractivity contribution in [2.45, 2.75) is 11.4 Å². The molecule has 0 bridgehead atoms. The number of nitrogens with one attached hydrogen (secondary N) is 1. The Bertz CT molecular complexity index is 1290. The highest BCUT2D eigenvalue weighted by molar-refractivity contribution is 7.89. The zero-order chi connectivity index (χ0) is 20.8. The van der Waals surface area contributed by atoms with Gasteiger partial charge in [-0.3, -0.25) is 9.59 Å². The van der Waals surface area contributed by atoms with Gasteiger partial charge in [0.15, 0.2) is 11.6 Å². The maximum Gasteiger partial charge on any atom is 0.240 e. The number of halogens is 2. The molecule has 0 spiro atoms. The van der Waals surface area contributed by atoms with Crippen LogP contribution in [0.25, 0.3) is 0 Å². The van der Waals surface area contributed by atoms with Crippen molar-refractivity contribution in [1.29, 1.82) is 0 Å². The summed E-state index contributed by atoms with van der Waals surface area (Å²) in [5, 5.41) is 0.0931. The van der Waals surface area contributed by atoms with Gasteiger partial charge in [0.25, 0.3) is 0 Å². The van der Waals surface area contributed by atoms with E-state index in [9.17, 15) is 22.4 Å². The van der Waals surface area contributed by atoms with Crippen molar-refractivity contribution >= 4 is 33.2 Å². The van der Waals surface area contributed by atoms with Crippen LogP contribution in [0, 0.1) is 5.82 Å². The van der Waals surface area contributed by atoms with Crippen LogP contribution in [0.1, 0.15) is 37.4 Å². The summed E-state index contributed by atoms with van der Waals surface area (Å²) < 4.78 is 40.9. The molecule has 3 aromatic rings. The van der Waals surface area contributed by atoms with Crippen LogP contribution in [-0.2, 0) is 16.6 Å². The van der Waals surface area contributed by atoms with Crippen LogP contribution in [0.3, 0.4) is 0 Å². The lowest BCUT2D eigenvalue weighted by Crippen LogP contribution is -2.25. The van der Waals surface area contributed by atoms with Crippen molar-refractivity contribution in [3.05, 3.63) is 99.3 Å². The summed E-state index contributed by atoms with van der Waals surface area (Å²) in [6.07, 6.45) is 0. The minimum absolute atomic E-state index is 0.0383. The molecule has 0 aromatic heterocycles. The normalized spacial score (nSPS) is 13.2. The first-order valence-corrected chi connectivity index (χ1v) is 10.4. The summed E-state index contributed by atoms with van der Waals surface area (Å²) in [7, 11) is -4.00. The van der Waals surface area contributed by atoms with Crippen LogP contribution >= 0.6 is 11.6 Å². The predicted molar refractivity (Wildman–Crippen MR) is 105 cm³/mol. The Morgan fingerprint density at radius 2 is 1.45 bits per heavy atom. The van der Waals surface area contributed by atoms with Crippen molar-refractivity contribution in [3.63, 3.8) is 0 Å². The van der Waals surface area contributed by atoms with Gasteiger partial charge in [-0.05, 0) is 35.9 Å². The molecular formula is C21H13ClFNO4S. The number of carbonyl (C=O) groups excluding carboxylic acids is 2. The van der Waals surface area contributed by atoms with Crippen LogP contribution in [0.2, 0.25) is 5.02 Å². The highest BCUT2D eigenvalue weighted by Crippen LogP contribution is 2.29. The predicted octanol–water partition coefficient (Wildman–Crippen LogP) is 3.73. The molecule has 1 aliphatic carbocycles. The van der Waals surface area contributed by atoms with Gasteiger partial charge in [-0.1, -0.05) is 41.9 Å². The third kappa shape index (κ3) is 3.48. The van der Waals surface area contributed by atoms with Crippen molar-refractivity contribution in [3.8, 4) is 0 Å². The van der Waals surface area contributed by atoms with E-state index in [0.717, 1.165) is 6.07 Å². The second-order valence-corrected chi connectivity index (χ2v) is 8.65. The summed E-state index contributed by atoms with van der Waals surface area (Å²) in [4.78, 5) is 25.2. The number of hydrogen-bond donors (Lipinski definition) is 1. The van der Waals surface area contributed by atoms with Crippen LogP contribution in [0.4, 0.5) is 4.39 Å². The molecule has 1 N–H and O–H groups in total. The van der Waals surface area contributed by atoms with Crippen molar-refractivity contribution in [2.75, 3.05) is 0 Å². The number of sulfonamides is 1. The number of ketones is 2. The van der Waals surface area contributed by atoms with Crippen molar-refractivity contribution < 1.29 is 22.4 Å². The highest BCUT2D eigenvalue weighted by atomic mass is 35.5. The Morgan fingerprint density at radius 3 is 2.10 bits per heavy atom. The molecule has 8 heteroatoms. The van der Waals surface area contributed by atoms with E-state index in [-0.39, 0.29) is 38.9 Å². The zero-order valence-electron chi connectivity index (χ0n) is 14.8. The second kappa shape index (κ2) is 7.18. The van der Waals surface area contributed by atoms with Crippen LogP contribution in [-0.4, -0.2) is 20.0 Å². The second-order valence-electron chi connectivity index (χ2n) is 6.47. The lowest BCUT2D eigenvalue weighted by Gasteiger charge is -2.18. The SMILES string of the molecule is O=C1c2ccccc2C(=O)c2cc(S(=O)(=O)NCc3ccc(F)cc3Cl)ccc21. The minimum atomic E-state index is -4.00. The third-order valence-corrected chi connectivity index (χ3v) is 6.43. The molecule has 0 fully saturated rings. The fourth-order valence-electron chi connectivity index (χ4n) is 3.17. The van der Waals surface area contributed by atoms with E-state index in [1.54, 1.807) is 18.2 Å². The molecule has 0 unspecified atom stereocenters. The molecule has 0 radical (unpaired) electrons. The average Bonchev–Trinajstić information content (AvgIpc) is 2.71. The summed E-state index contributed by atoms with van der Waals surface area (Å²) in [6, 6.07) is 13.9. The van der Waals surface area contributed by atoms with Gasteiger partial charge in [-0.2, -0.15) is 0 Å². The molecule has 0 amide bonds. The van der Waals surface area contributed by atoms with Gasteiger partial charge in [0, 0.05) is 33.8 Å². The molecule has 146 valence electrons. The van der Waals surface area contributed by atoms with Crippen molar-refractivity contribution in [1.82, 2.24) is 4.72 Å². The van der Waals surface area contributed by atoms with E-state index in [0.29, 0.717) is 11.1 Å². The van der Waals surface area contributed by atoms with Crippen LogP contribution < -0.4 is 4.72 Å². The summed E-state index contributed by atoms with van der Waals surface area (Å²) in [5.74, 6) is -1.27. The summed E-state index contributed by atoms with van der Waals surface area (Å²) in [5.41, 5.74) is 1.13. The molecule has 0 heterocycles. The summed E-state index contributed by atoms with van der Waals surface area (Å²) >= 11 is 5.93. The van der Waals surface area contributed by atoms with Gasteiger partial charge >= 0.3 is 0 Å². The molecule has 3 aromatic carbocycles. The molecule has 0 saturated carbocycles. The Balaban J connectivity index is 1.66. The van der Waals surface area contributed by atoms with Gasteiger partial charge in [0.1, 0.15) is 5.82 Å². The van der Waals surface area contributed by atoms with Gasteiger partial charge in [0.2, 0.25) is 10.0 Å². The Kier molecular flexibility index (Phi) is 4.82. The number of hydrogen-bond acceptors (Lipinski definition) is 4. The average molecular weight is 430 g/mol. The van der Waals surface area contributed by atoms with Crippen molar-refractivity contribution in [2.24, 2.45) is 0 Å². The highest BCUT2D eigenvalue weighted by Gasteiger charge is 2.30. The Morgan fingerprint density at radius 1 is 0.828 bits per heavy atom. The number of benzene rings is 3. The quantitative estimate of drug-likeness (QED) is 0.536. The maximum absolute atomic E-state index is 13.1. The molecule has 0 aliphatic heterocycles. The van der Waals surface area contributed by atoms with E-state index >= 15 is 0 Å². The Hall–Kier alpha value is -2.87. The lowest BCUT2D eigenvalue weighted by molar-refractivity contribution is 0.0979. The smallest absolute Gasteiger partial charge is 0.240 e. The number of carbonyl (C=O) groups is 2. The van der Waals surface area contributed by atoms with Crippen LogP contribution in [0.15, 0.2) is 65.6 Å². The zero-order valence-corrected chi connectivity index (χ0v) is 16.4. The van der Waals surface area contributed by atoms with E-state index in [1.165, 1.54) is 36.4 Å². The number of fused-ring (bicyclic) bond motifs is 2. The van der Waals surface area contributed by atoms with E-state index in [2.05, 4.69) is 4.72 Å². The number of rotatable bonds is 4. The summed E-state index contributed by atoms with van der Waals surface area (Å²) in [6.45, 7) is -0.158. The maximum atomic E-state index is 13.1. The largest absolute Gasteiger partial charge is 0.289 e. The van der Waals surface area contributed by atoms with Gasteiger partial charge in [-0.15, -0.1) is 0 Å². The molecule has 5 nitrogen and oxygen atoms in total. The third-order valence-electron chi connectivity index (χ3n) is 4.67. The first-order chi connectivity index (χ1) is 13.8. The van der Waals surface area contributed by atoms with E-state index < -0.39 is 21.6 Å². The minimum Gasteiger partial charge on any atom is -0.289 e. The topological polar surface area (TPSA) is 80.3 Å². The molecule has 29 heavy (non-hydrogen) atoms. The standard InChI is InChI=1S/C21H13ClFNO4S/c22-19-9-13(23)6-5-12(19)11-24-29(27,28)14-7-8-17-18(10-14)21(26)16-4-2-1-3-15(16)20(17)25/h1-10,24H,11H2. The van der Waals surface area contributed by atoms with E-state index in [1.807, 2.05) is 0 Å². The lowest BCUT2D eigenvalue weighted by atomic mass is 9.84. The molecule has 4 rings (SSSR count). The first kappa shape index (κ1) is 19.4. The first-order valence-electron chi connectivity index (χ1n) is 8.54. The fraction of sp³-hybridized carbons (Fsp3) is 0.0476. The van der Waals surface area contributed by atoms with Crippen LogP contribution in [0.5, 0.6) is 0 Å². The molecule has 0 saturated heterocycles. The monoisotopic (exact) mass is 429 g/mol. The van der Waals surface area contributed by atoms with E-state index in [4.69, 9.17) is 11.6 Å². The fourth-order valence-corrected chi connectivity index (χ4v) is 4.43. The molecule has 1 aliphatic rings. The molecular weight excluding hydrogens is 417 g/mol. The molecule has 0 atom stereocenters. The van der Waals surface area contributed by atoms with Gasteiger partial charge < -0.3 is 0 Å². The Labute approximate surface area is 171 Å². The van der Waals surface area contributed by atoms with Gasteiger partial charge in [-0.25, -0.2) is 17.5 Å².